The molecule has 1 atom stereocenters. The predicted molar refractivity (Wildman–Crippen MR) is 99.1 cm³/mol. The van der Waals surface area contributed by atoms with Gasteiger partial charge < -0.3 is 9.47 Å². The molecule has 0 saturated heterocycles. The summed E-state index contributed by atoms with van der Waals surface area (Å²) in [4.78, 5) is 12.1. The van der Waals surface area contributed by atoms with E-state index in [-0.39, 0.29) is 42.8 Å². The average Bonchev–Trinajstić information content (AvgIpc) is 3.38. The molecule has 1 radical (unpaired) electrons. The van der Waals surface area contributed by atoms with Gasteiger partial charge in [0.05, 0.1) is 23.9 Å². The minimum absolute atomic E-state index is 0. The fraction of sp³-hybridized carbons (Fsp3) is 0.611. The summed E-state index contributed by atoms with van der Waals surface area (Å²) in [6.07, 6.45) is 0.474. The van der Waals surface area contributed by atoms with Gasteiger partial charge in [-0.3, -0.25) is 8.98 Å². The van der Waals surface area contributed by atoms with Crippen molar-refractivity contribution in [3.63, 3.8) is 0 Å². The Hall–Kier alpha value is -0.440. The van der Waals surface area contributed by atoms with Crippen LogP contribution in [0.4, 0.5) is 0 Å². The van der Waals surface area contributed by atoms with Gasteiger partial charge in [0.2, 0.25) is 0 Å². The summed E-state index contributed by atoms with van der Waals surface area (Å²) in [5, 5.41) is -0.420. The first kappa shape index (κ1) is 23.6. The number of rotatable bonds is 9. The third kappa shape index (κ3) is 8.06. The van der Waals surface area contributed by atoms with Gasteiger partial charge in [0.25, 0.3) is 10.1 Å². The van der Waals surface area contributed by atoms with Crippen LogP contribution in [0.25, 0.3) is 0 Å². The minimum Gasteiger partial charge on any atom is -0.457 e. The molecule has 0 spiro atoms. The number of carbonyl (C=O) groups excluding carboxylic acids is 1. The van der Waals surface area contributed by atoms with Crippen molar-refractivity contribution in [2.75, 3.05) is 13.2 Å². The van der Waals surface area contributed by atoms with Crippen molar-refractivity contribution in [2.24, 2.45) is 5.41 Å². The second kappa shape index (κ2) is 10.2. The number of carbonyl (C=O) groups is 1. The number of ether oxygens (including phenoxy) is 2. The molecule has 1 aromatic rings. The molecular weight excluding hydrogens is 367 g/mol. The van der Waals surface area contributed by atoms with E-state index in [9.17, 15) is 13.2 Å². The van der Waals surface area contributed by atoms with Crippen LogP contribution in [-0.2, 0) is 35.2 Å². The van der Waals surface area contributed by atoms with Gasteiger partial charge in [-0.2, -0.15) is 8.42 Å². The second-order valence-electron chi connectivity index (χ2n) is 7.25. The Bertz CT molecular complexity index is 665. The van der Waals surface area contributed by atoms with E-state index in [0.717, 1.165) is 5.56 Å². The van der Waals surface area contributed by atoms with Crippen LogP contribution in [0, 0.1) is 5.41 Å². The SMILES string of the molecule is CC(C)(C)C(=O)O[C@@H](COCc1ccccc1)COS(=O)(=O)C1CC1.[Na]. The molecular formula is C18H26NaO6S. The van der Waals surface area contributed by atoms with Gasteiger partial charge in [-0.25, -0.2) is 0 Å². The standard InChI is InChI=1S/C18H26O6S.Na/c1-18(2,3)17(19)24-15(13-23-25(20,21)16-9-10-16)12-22-11-14-7-5-4-6-8-14;/h4-8,15-16H,9-13H2,1-3H3;/t15-;/m0./s1. The van der Waals surface area contributed by atoms with E-state index >= 15 is 0 Å². The van der Waals surface area contributed by atoms with Crippen LogP contribution in [0.3, 0.4) is 0 Å². The van der Waals surface area contributed by atoms with Crippen LogP contribution in [0.5, 0.6) is 0 Å². The van der Waals surface area contributed by atoms with Crippen LogP contribution in [0.15, 0.2) is 30.3 Å². The van der Waals surface area contributed by atoms with Crippen molar-refractivity contribution in [1.29, 1.82) is 0 Å². The molecule has 8 heteroatoms. The van der Waals surface area contributed by atoms with Gasteiger partial charge in [0.1, 0.15) is 12.7 Å². The third-order valence-electron chi connectivity index (χ3n) is 3.65. The smallest absolute Gasteiger partial charge is 0.311 e. The van der Waals surface area contributed by atoms with Crippen molar-refractivity contribution in [3.8, 4) is 0 Å². The molecule has 2 rings (SSSR count). The van der Waals surface area contributed by atoms with E-state index in [4.69, 9.17) is 13.7 Å². The number of benzene rings is 1. The Kier molecular flexibility index (Phi) is 9.26. The zero-order valence-electron chi connectivity index (χ0n) is 15.9. The van der Waals surface area contributed by atoms with Crippen molar-refractivity contribution in [2.45, 2.75) is 51.6 Å². The second-order valence-corrected chi connectivity index (χ2v) is 9.14. The van der Waals surface area contributed by atoms with Crippen molar-refractivity contribution in [1.82, 2.24) is 0 Å². The summed E-state index contributed by atoms with van der Waals surface area (Å²) in [7, 11) is -3.58. The zero-order valence-corrected chi connectivity index (χ0v) is 18.8. The Morgan fingerprint density at radius 3 is 2.31 bits per heavy atom. The maximum Gasteiger partial charge on any atom is 0.311 e. The summed E-state index contributed by atoms with van der Waals surface area (Å²) >= 11 is 0. The Balaban J connectivity index is 0.00000338. The van der Waals surface area contributed by atoms with E-state index in [1.54, 1.807) is 20.8 Å². The number of hydrogen-bond donors (Lipinski definition) is 0. The number of esters is 1. The molecule has 1 aliphatic carbocycles. The number of hydrogen-bond acceptors (Lipinski definition) is 6. The molecule has 0 amide bonds. The van der Waals surface area contributed by atoms with Gasteiger partial charge in [0, 0.05) is 29.6 Å². The average molecular weight is 393 g/mol. The Morgan fingerprint density at radius 1 is 1.15 bits per heavy atom. The van der Waals surface area contributed by atoms with E-state index in [1.807, 2.05) is 30.3 Å². The van der Waals surface area contributed by atoms with Crippen LogP contribution < -0.4 is 0 Å². The molecule has 141 valence electrons. The first-order valence-electron chi connectivity index (χ1n) is 8.39. The van der Waals surface area contributed by atoms with Crippen LogP contribution in [0.2, 0.25) is 0 Å². The predicted octanol–water partition coefficient (Wildman–Crippen LogP) is 2.29. The molecule has 0 aromatic heterocycles. The summed E-state index contributed by atoms with van der Waals surface area (Å²) in [5.41, 5.74) is 0.294. The van der Waals surface area contributed by atoms with Gasteiger partial charge in [-0.15, -0.1) is 0 Å². The summed E-state index contributed by atoms with van der Waals surface area (Å²) in [5.74, 6) is -0.423. The van der Waals surface area contributed by atoms with E-state index < -0.39 is 32.9 Å². The first-order chi connectivity index (χ1) is 11.7. The molecule has 0 heterocycles. The molecule has 0 unspecified atom stereocenters. The van der Waals surface area contributed by atoms with E-state index in [1.165, 1.54) is 0 Å². The van der Waals surface area contributed by atoms with Crippen LogP contribution >= 0.6 is 0 Å². The fourth-order valence-corrected chi connectivity index (χ4v) is 3.20. The normalized spacial score (nSPS) is 15.8. The molecule has 0 N–H and O–H groups in total. The van der Waals surface area contributed by atoms with Gasteiger partial charge in [-0.05, 0) is 39.2 Å². The van der Waals surface area contributed by atoms with E-state index in [2.05, 4.69) is 0 Å². The van der Waals surface area contributed by atoms with Crippen LogP contribution in [-0.4, -0.2) is 68.5 Å². The fourth-order valence-electron chi connectivity index (χ4n) is 1.95. The largest absolute Gasteiger partial charge is 0.457 e. The molecule has 0 bridgehead atoms. The maximum atomic E-state index is 12.1. The monoisotopic (exact) mass is 393 g/mol. The molecule has 1 saturated carbocycles. The topological polar surface area (TPSA) is 78.9 Å². The molecule has 1 fully saturated rings. The van der Waals surface area contributed by atoms with Crippen molar-refractivity contribution in [3.05, 3.63) is 35.9 Å². The van der Waals surface area contributed by atoms with Gasteiger partial charge in [0.15, 0.2) is 0 Å². The van der Waals surface area contributed by atoms with Crippen LogP contribution in [0.1, 0.15) is 39.2 Å². The Labute approximate surface area is 178 Å². The third-order valence-corrected chi connectivity index (χ3v) is 5.40. The van der Waals surface area contributed by atoms with Crippen molar-refractivity contribution < 1.29 is 26.9 Å². The van der Waals surface area contributed by atoms with Crippen molar-refractivity contribution >= 4 is 45.6 Å². The maximum absolute atomic E-state index is 12.1. The first-order valence-corrected chi connectivity index (χ1v) is 9.86. The van der Waals surface area contributed by atoms with Gasteiger partial charge in [-0.1, -0.05) is 30.3 Å². The molecule has 1 aromatic carbocycles. The molecule has 1 aliphatic rings. The minimum atomic E-state index is -3.58. The van der Waals surface area contributed by atoms with Gasteiger partial charge >= 0.3 is 5.97 Å². The van der Waals surface area contributed by atoms with E-state index in [0.29, 0.717) is 19.4 Å². The summed E-state index contributed by atoms with van der Waals surface area (Å²) in [6.45, 7) is 5.39. The quantitative estimate of drug-likeness (QED) is 0.364. The summed E-state index contributed by atoms with van der Waals surface area (Å²) < 4.78 is 39.8. The molecule has 0 aliphatic heterocycles. The molecule has 6 nitrogen and oxygen atoms in total. The summed E-state index contributed by atoms with van der Waals surface area (Å²) in [6, 6.07) is 9.56. The Morgan fingerprint density at radius 2 is 1.77 bits per heavy atom. The molecule has 26 heavy (non-hydrogen) atoms. The zero-order chi connectivity index (χ0) is 18.5.